The van der Waals surface area contributed by atoms with Gasteiger partial charge in [-0.15, -0.1) is 10.2 Å². The number of nitrogens with zero attached hydrogens (tertiary/aromatic N) is 7. The van der Waals surface area contributed by atoms with E-state index < -0.39 is 6.03 Å². The molecule has 4 heterocycles. The number of anilines is 1. The predicted molar refractivity (Wildman–Crippen MR) is 184 cm³/mol. The van der Waals surface area contributed by atoms with E-state index in [-0.39, 0.29) is 34.7 Å². The third-order valence-corrected chi connectivity index (χ3v) is 9.00. The number of likely N-dealkylation sites (N-methyl/N-ethyl adjacent to an activating group) is 1. The Balaban J connectivity index is 1.18. The monoisotopic (exact) mass is 653 g/mol. The Morgan fingerprint density at radius 3 is 2.40 bits per heavy atom. The van der Waals surface area contributed by atoms with E-state index in [1.165, 1.54) is 0 Å². The molecule has 2 aliphatic rings. The minimum absolute atomic E-state index is 0.101. The Bertz CT molecular complexity index is 1810. The maximum absolute atomic E-state index is 13.5. The number of amides is 3. The molecule has 2 N–H and O–H groups in total. The van der Waals surface area contributed by atoms with Crippen LogP contribution in [0.2, 0.25) is 0 Å². The number of rotatable bonds is 5. The molecule has 1 aliphatic carbocycles. The van der Waals surface area contributed by atoms with Gasteiger partial charge in [0.05, 0.1) is 17.9 Å². The van der Waals surface area contributed by atoms with Crippen LogP contribution in [0.1, 0.15) is 106 Å². The largest absolute Gasteiger partial charge is 0.484 e. The van der Waals surface area contributed by atoms with Crippen molar-refractivity contribution >= 4 is 23.4 Å². The van der Waals surface area contributed by atoms with Crippen LogP contribution in [0.5, 0.6) is 5.75 Å². The van der Waals surface area contributed by atoms with Crippen molar-refractivity contribution in [2.75, 3.05) is 38.5 Å². The number of carbonyl (C=O) groups excluding carboxylic acids is 2. The number of hydrogen-bond acceptors (Lipinski definition) is 8. The summed E-state index contributed by atoms with van der Waals surface area (Å²) in [5, 5.41) is 14.8. The molecule has 0 bridgehead atoms. The predicted octanol–water partition coefficient (Wildman–Crippen LogP) is 5.67. The first-order chi connectivity index (χ1) is 22.8. The van der Waals surface area contributed by atoms with E-state index in [4.69, 9.17) is 4.74 Å². The highest BCUT2D eigenvalue weighted by molar-refractivity contribution is 5.92. The Hall–Kier alpha value is -4.58. The van der Waals surface area contributed by atoms with Crippen molar-refractivity contribution in [3.63, 3.8) is 0 Å². The fraction of sp³-hybridized carbons (Fsp3) is 0.500. The maximum atomic E-state index is 13.5. The van der Waals surface area contributed by atoms with E-state index in [2.05, 4.69) is 69.6 Å². The second-order valence-corrected chi connectivity index (χ2v) is 15.0. The molecule has 2 atom stereocenters. The van der Waals surface area contributed by atoms with Crippen LogP contribution in [-0.2, 0) is 10.8 Å². The molecular weight excluding hydrogens is 606 g/mol. The SMILES string of the molecule is CN1CCCN(C(=O)c2nc(NC(=O)N[C@H]3CC[C@@H](Oc4ccc5nnc(C(C)(C)C)n5c4)c4ccccc43)cc(C(C)(C)C)n2)CC1. The van der Waals surface area contributed by atoms with Crippen LogP contribution >= 0.6 is 0 Å². The highest BCUT2D eigenvalue weighted by atomic mass is 16.5. The van der Waals surface area contributed by atoms with Gasteiger partial charge in [-0.05, 0) is 56.1 Å². The molecule has 1 fully saturated rings. The van der Waals surface area contributed by atoms with Crippen molar-refractivity contribution < 1.29 is 14.3 Å². The second kappa shape index (κ2) is 13.1. The van der Waals surface area contributed by atoms with Crippen molar-refractivity contribution in [2.24, 2.45) is 0 Å². The highest BCUT2D eigenvalue weighted by Gasteiger charge is 2.31. The van der Waals surface area contributed by atoms with Gasteiger partial charge in [-0.25, -0.2) is 14.8 Å². The minimum atomic E-state index is -0.393. The lowest BCUT2D eigenvalue weighted by atomic mass is 9.85. The fourth-order valence-electron chi connectivity index (χ4n) is 6.33. The third kappa shape index (κ3) is 7.28. The first kappa shape index (κ1) is 33.3. The molecule has 3 aromatic heterocycles. The van der Waals surface area contributed by atoms with Crippen LogP contribution in [0.15, 0.2) is 48.7 Å². The summed E-state index contributed by atoms with van der Waals surface area (Å²) < 4.78 is 8.55. The number of fused-ring (bicyclic) bond motifs is 2. The number of nitrogens with one attached hydrogen (secondary N) is 2. The third-order valence-electron chi connectivity index (χ3n) is 9.00. The topological polar surface area (TPSA) is 130 Å². The second-order valence-electron chi connectivity index (χ2n) is 15.0. The number of carbonyl (C=O) groups is 2. The van der Waals surface area contributed by atoms with Gasteiger partial charge in [-0.3, -0.25) is 14.5 Å². The number of urea groups is 1. The van der Waals surface area contributed by atoms with Crippen LogP contribution in [0.25, 0.3) is 5.65 Å². The summed E-state index contributed by atoms with van der Waals surface area (Å²) in [7, 11) is 2.06. The van der Waals surface area contributed by atoms with E-state index in [0.717, 1.165) is 47.9 Å². The van der Waals surface area contributed by atoms with Gasteiger partial charge in [0.15, 0.2) is 5.65 Å². The van der Waals surface area contributed by atoms with Gasteiger partial charge in [0.25, 0.3) is 5.91 Å². The number of benzene rings is 1. The van der Waals surface area contributed by atoms with Crippen molar-refractivity contribution in [2.45, 2.75) is 83.8 Å². The average molecular weight is 654 g/mol. The average Bonchev–Trinajstić information content (AvgIpc) is 3.35. The lowest BCUT2D eigenvalue weighted by molar-refractivity contribution is 0.0750. The van der Waals surface area contributed by atoms with Crippen LogP contribution in [0.3, 0.4) is 0 Å². The fourth-order valence-corrected chi connectivity index (χ4v) is 6.33. The minimum Gasteiger partial charge on any atom is -0.484 e. The smallest absolute Gasteiger partial charge is 0.320 e. The molecule has 0 radical (unpaired) electrons. The molecule has 0 unspecified atom stereocenters. The summed E-state index contributed by atoms with van der Waals surface area (Å²) in [6, 6.07) is 13.0. The normalized spacial score (nSPS) is 19.0. The Kier molecular flexibility index (Phi) is 9.12. The Morgan fingerprint density at radius 2 is 1.65 bits per heavy atom. The van der Waals surface area contributed by atoms with Gasteiger partial charge in [0, 0.05) is 36.5 Å². The summed E-state index contributed by atoms with van der Waals surface area (Å²) in [5.41, 5.74) is 2.97. The van der Waals surface area contributed by atoms with Gasteiger partial charge >= 0.3 is 6.03 Å². The zero-order valence-corrected chi connectivity index (χ0v) is 29.1. The lowest BCUT2D eigenvalue weighted by Crippen LogP contribution is -2.37. The van der Waals surface area contributed by atoms with Gasteiger partial charge in [0.2, 0.25) is 5.82 Å². The van der Waals surface area contributed by atoms with Crippen LogP contribution in [0.4, 0.5) is 10.6 Å². The first-order valence-electron chi connectivity index (χ1n) is 16.8. The van der Waals surface area contributed by atoms with Crippen LogP contribution < -0.4 is 15.4 Å². The lowest BCUT2D eigenvalue weighted by Gasteiger charge is -2.32. The Morgan fingerprint density at radius 1 is 0.875 bits per heavy atom. The highest BCUT2D eigenvalue weighted by Crippen LogP contribution is 2.39. The zero-order valence-electron chi connectivity index (χ0n) is 29.1. The standard InChI is InChI=1S/C36H47N9O3/c1-35(2,3)28-21-29(39-31(38-28)32(46)44-18-10-17-43(7)19-20-44)40-34(47)37-26-14-15-27(25-12-9-8-11-24(25)26)48-23-13-16-30-41-42-33(36(4,5)6)45(30)22-23/h8-9,11-13,16,21-22,26-27H,10,14-15,17-20H2,1-7H3,(H2,37,38,39,40,47)/t26-,27+/m0/s1. The van der Waals surface area contributed by atoms with E-state index >= 15 is 0 Å². The molecule has 12 nitrogen and oxygen atoms in total. The number of ether oxygens (including phenoxy) is 1. The zero-order chi connectivity index (χ0) is 34.2. The van der Waals surface area contributed by atoms with Gasteiger partial charge in [0.1, 0.15) is 23.5 Å². The molecule has 1 aliphatic heterocycles. The summed E-state index contributed by atoms with van der Waals surface area (Å²) in [4.78, 5) is 40.2. The van der Waals surface area contributed by atoms with Crippen molar-refractivity contribution in [3.05, 3.63) is 77.1 Å². The van der Waals surface area contributed by atoms with Crippen molar-refractivity contribution in [3.8, 4) is 5.75 Å². The van der Waals surface area contributed by atoms with Gasteiger partial charge in [-0.2, -0.15) is 0 Å². The van der Waals surface area contributed by atoms with Crippen molar-refractivity contribution in [1.29, 1.82) is 0 Å². The van der Waals surface area contributed by atoms with E-state index in [1.807, 2.05) is 61.7 Å². The van der Waals surface area contributed by atoms with E-state index in [9.17, 15) is 9.59 Å². The molecule has 48 heavy (non-hydrogen) atoms. The molecule has 1 aromatic carbocycles. The van der Waals surface area contributed by atoms with Gasteiger partial charge in [-0.1, -0.05) is 65.8 Å². The van der Waals surface area contributed by atoms with E-state index in [0.29, 0.717) is 37.4 Å². The molecule has 6 rings (SSSR count). The van der Waals surface area contributed by atoms with E-state index in [1.54, 1.807) is 11.0 Å². The van der Waals surface area contributed by atoms with Gasteiger partial charge < -0.3 is 19.9 Å². The molecule has 1 saturated heterocycles. The first-order valence-corrected chi connectivity index (χ1v) is 16.8. The Labute approximate surface area is 282 Å². The molecule has 3 amide bonds. The number of hydrogen-bond donors (Lipinski definition) is 2. The molecule has 4 aromatic rings. The number of pyridine rings is 1. The summed E-state index contributed by atoms with van der Waals surface area (Å²) in [6.07, 6.45) is 4.05. The molecule has 0 spiro atoms. The summed E-state index contributed by atoms with van der Waals surface area (Å²) >= 11 is 0. The quantitative estimate of drug-likeness (QED) is 0.282. The summed E-state index contributed by atoms with van der Waals surface area (Å²) in [6.45, 7) is 15.4. The van der Waals surface area contributed by atoms with Crippen LogP contribution in [0, 0.1) is 0 Å². The maximum Gasteiger partial charge on any atom is 0.320 e. The molecular formula is C36H47N9O3. The number of aromatic nitrogens is 5. The molecule has 0 saturated carbocycles. The molecule has 254 valence electrons. The van der Waals surface area contributed by atoms with Crippen molar-refractivity contribution in [1.82, 2.24) is 39.7 Å². The molecule has 12 heteroatoms. The van der Waals surface area contributed by atoms with Crippen LogP contribution in [-0.4, -0.2) is 79.5 Å². The summed E-state index contributed by atoms with van der Waals surface area (Å²) in [5.74, 6) is 1.78.